The van der Waals surface area contributed by atoms with Gasteiger partial charge in [0.2, 0.25) is 5.88 Å². The molecular weight excluding hydrogens is 204 g/mol. The third kappa shape index (κ3) is 3.79. The average Bonchev–Trinajstić information content (AvgIpc) is 3.11. The van der Waals surface area contributed by atoms with Crippen LogP contribution in [-0.2, 0) is 11.3 Å². The molecule has 0 bridgehead atoms. The number of rotatable bonds is 7. The molecule has 88 valence electrons. The minimum Gasteiger partial charge on any atom is -0.475 e. The molecule has 16 heavy (non-hydrogen) atoms. The van der Waals surface area contributed by atoms with Crippen LogP contribution < -0.4 is 10.1 Å². The SMILES string of the molecule is COCCOc1cccc(CNC2CC2)n1. The molecule has 1 fully saturated rings. The molecule has 1 aromatic heterocycles. The smallest absolute Gasteiger partial charge is 0.213 e. The molecule has 1 aromatic rings. The van der Waals surface area contributed by atoms with Crippen molar-refractivity contribution in [2.45, 2.75) is 25.4 Å². The van der Waals surface area contributed by atoms with Crippen LogP contribution >= 0.6 is 0 Å². The summed E-state index contributed by atoms with van der Waals surface area (Å²) in [5, 5.41) is 3.42. The number of aromatic nitrogens is 1. The molecule has 0 spiro atoms. The van der Waals surface area contributed by atoms with Gasteiger partial charge in [-0.05, 0) is 18.9 Å². The second-order valence-corrected chi connectivity index (χ2v) is 3.96. The van der Waals surface area contributed by atoms with Crippen molar-refractivity contribution in [1.29, 1.82) is 0 Å². The zero-order valence-electron chi connectivity index (χ0n) is 9.61. The summed E-state index contributed by atoms with van der Waals surface area (Å²) >= 11 is 0. The molecule has 0 unspecified atom stereocenters. The lowest BCUT2D eigenvalue weighted by atomic mass is 10.3. The van der Waals surface area contributed by atoms with E-state index in [-0.39, 0.29) is 0 Å². The summed E-state index contributed by atoms with van der Waals surface area (Å²) in [6.07, 6.45) is 2.59. The number of nitrogens with zero attached hydrogens (tertiary/aromatic N) is 1. The molecule has 1 heterocycles. The summed E-state index contributed by atoms with van der Waals surface area (Å²) in [6.45, 7) is 1.96. The zero-order valence-corrected chi connectivity index (χ0v) is 9.61. The number of pyridine rings is 1. The van der Waals surface area contributed by atoms with Crippen molar-refractivity contribution in [3.63, 3.8) is 0 Å². The second-order valence-electron chi connectivity index (χ2n) is 3.96. The normalized spacial score (nSPS) is 15.1. The van der Waals surface area contributed by atoms with E-state index in [1.54, 1.807) is 7.11 Å². The highest BCUT2D eigenvalue weighted by molar-refractivity contribution is 5.15. The summed E-state index contributed by atoms with van der Waals surface area (Å²) in [6, 6.07) is 6.56. The van der Waals surface area contributed by atoms with Gasteiger partial charge in [-0.15, -0.1) is 0 Å². The highest BCUT2D eigenvalue weighted by atomic mass is 16.5. The molecule has 0 atom stereocenters. The van der Waals surface area contributed by atoms with Crippen molar-refractivity contribution < 1.29 is 9.47 Å². The van der Waals surface area contributed by atoms with Crippen molar-refractivity contribution in [3.8, 4) is 5.88 Å². The van der Waals surface area contributed by atoms with Crippen LogP contribution in [-0.4, -0.2) is 31.3 Å². The van der Waals surface area contributed by atoms with Crippen LogP contribution in [0.3, 0.4) is 0 Å². The van der Waals surface area contributed by atoms with E-state index in [0.717, 1.165) is 12.2 Å². The molecule has 0 amide bonds. The predicted octanol–water partition coefficient (Wildman–Crippen LogP) is 1.36. The van der Waals surface area contributed by atoms with Gasteiger partial charge in [-0.25, -0.2) is 4.98 Å². The minimum atomic E-state index is 0.545. The van der Waals surface area contributed by atoms with E-state index in [4.69, 9.17) is 9.47 Å². The summed E-state index contributed by atoms with van der Waals surface area (Å²) < 4.78 is 10.4. The first-order valence-electron chi connectivity index (χ1n) is 5.69. The molecule has 1 aliphatic rings. The van der Waals surface area contributed by atoms with Gasteiger partial charge in [-0.1, -0.05) is 6.07 Å². The van der Waals surface area contributed by atoms with Gasteiger partial charge < -0.3 is 14.8 Å². The van der Waals surface area contributed by atoms with Gasteiger partial charge in [0.05, 0.1) is 12.3 Å². The van der Waals surface area contributed by atoms with Crippen LogP contribution in [0.1, 0.15) is 18.5 Å². The quantitative estimate of drug-likeness (QED) is 0.707. The lowest BCUT2D eigenvalue weighted by Crippen LogP contribution is -2.16. The number of hydrogen-bond acceptors (Lipinski definition) is 4. The number of nitrogens with one attached hydrogen (secondary N) is 1. The maximum absolute atomic E-state index is 5.45. The fourth-order valence-corrected chi connectivity index (χ4v) is 1.40. The molecule has 4 nitrogen and oxygen atoms in total. The van der Waals surface area contributed by atoms with Crippen molar-refractivity contribution in [2.24, 2.45) is 0 Å². The molecular formula is C12H18N2O2. The van der Waals surface area contributed by atoms with Gasteiger partial charge >= 0.3 is 0 Å². The highest BCUT2D eigenvalue weighted by Crippen LogP contribution is 2.19. The third-order valence-electron chi connectivity index (χ3n) is 2.47. The van der Waals surface area contributed by atoms with Gasteiger partial charge in [0, 0.05) is 25.8 Å². The van der Waals surface area contributed by atoms with E-state index < -0.39 is 0 Å². The Kier molecular flexibility index (Phi) is 4.13. The Morgan fingerprint density at radius 2 is 2.25 bits per heavy atom. The topological polar surface area (TPSA) is 43.4 Å². The Hall–Kier alpha value is -1.13. The first-order valence-corrected chi connectivity index (χ1v) is 5.69. The molecule has 0 aliphatic heterocycles. The molecule has 4 heteroatoms. The van der Waals surface area contributed by atoms with E-state index >= 15 is 0 Å². The predicted molar refractivity (Wildman–Crippen MR) is 61.5 cm³/mol. The van der Waals surface area contributed by atoms with Gasteiger partial charge in [-0.3, -0.25) is 0 Å². The molecule has 0 saturated heterocycles. The monoisotopic (exact) mass is 222 g/mol. The standard InChI is InChI=1S/C12H18N2O2/c1-15-7-8-16-12-4-2-3-11(14-12)9-13-10-5-6-10/h2-4,10,13H,5-9H2,1H3. The fourth-order valence-electron chi connectivity index (χ4n) is 1.40. The second kappa shape index (κ2) is 5.82. The van der Waals surface area contributed by atoms with Crippen LogP contribution in [0.15, 0.2) is 18.2 Å². The first-order chi connectivity index (χ1) is 7.88. The fraction of sp³-hybridized carbons (Fsp3) is 0.583. The maximum atomic E-state index is 5.45. The van der Waals surface area contributed by atoms with Crippen LogP contribution in [0.4, 0.5) is 0 Å². The molecule has 0 aromatic carbocycles. The van der Waals surface area contributed by atoms with Crippen LogP contribution in [0.25, 0.3) is 0 Å². The Bertz CT molecular complexity index is 327. The van der Waals surface area contributed by atoms with Crippen LogP contribution in [0, 0.1) is 0 Å². The van der Waals surface area contributed by atoms with Gasteiger partial charge in [0.25, 0.3) is 0 Å². The van der Waals surface area contributed by atoms with Crippen molar-refractivity contribution in [1.82, 2.24) is 10.3 Å². The number of ether oxygens (including phenoxy) is 2. The largest absolute Gasteiger partial charge is 0.475 e. The molecule has 1 N–H and O–H groups in total. The summed E-state index contributed by atoms with van der Waals surface area (Å²) in [5.41, 5.74) is 1.03. The Balaban J connectivity index is 1.80. The van der Waals surface area contributed by atoms with Crippen molar-refractivity contribution >= 4 is 0 Å². The lowest BCUT2D eigenvalue weighted by Gasteiger charge is -2.07. The molecule has 1 saturated carbocycles. The highest BCUT2D eigenvalue weighted by Gasteiger charge is 2.20. The Labute approximate surface area is 96.0 Å². The van der Waals surface area contributed by atoms with Crippen LogP contribution in [0.2, 0.25) is 0 Å². The lowest BCUT2D eigenvalue weighted by molar-refractivity contribution is 0.143. The van der Waals surface area contributed by atoms with Crippen molar-refractivity contribution in [2.75, 3.05) is 20.3 Å². The maximum Gasteiger partial charge on any atom is 0.213 e. The third-order valence-corrected chi connectivity index (χ3v) is 2.47. The van der Waals surface area contributed by atoms with E-state index in [0.29, 0.717) is 25.1 Å². The average molecular weight is 222 g/mol. The van der Waals surface area contributed by atoms with Crippen molar-refractivity contribution in [3.05, 3.63) is 23.9 Å². The molecule has 2 rings (SSSR count). The summed E-state index contributed by atoms with van der Waals surface area (Å²) in [5.74, 6) is 0.673. The summed E-state index contributed by atoms with van der Waals surface area (Å²) in [7, 11) is 1.66. The number of hydrogen-bond donors (Lipinski definition) is 1. The summed E-state index contributed by atoms with van der Waals surface area (Å²) in [4.78, 5) is 4.40. The minimum absolute atomic E-state index is 0.545. The van der Waals surface area contributed by atoms with E-state index in [1.807, 2.05) is 18.2 Å². The Morgan fingerprint density at radius 3 is 3.00 bits per heavy atom. The van der Waals surface area contributed by atoms with Gasteiger partial charge in [0.1, 0.15) is 6.61 Å². The van der Waals surface area contributed by atoms with E-state index in [2.05, 4.69) is 10.3 Å². The van der Waals surface area contributed by atoms with Gasteiger partial charge in [-0.2, -0.15) is 0 Å². The van der Waals surface area contributed by atoms with E-state index in [1.165, 1.54) is 12.8 Å². The molecule has 0 radical (unpaired) electrons. The zero-order chi connectivity index (χ0) is 11.2. The molecule has 1 aliphatic carbocycles. The Morgan fingerprint density at radius 1 is 1.38 bits per heavy atom. The van der Waals surface area contributed by atoms with Gasteiger partial charge in [0.15, 0.2) is 0 Å². The first kappa shape index (κ1) is 11.4. The number of methoxy groups -OCH3 is 1. The van der Waals surface area contributed by atoms with Crippen LogP contribution in [0.5, 0.6) is 5.88 Å². The van der Waals surface area contributed by atoms with E-state index in [9.17, 15) is 0 Å².